The molecule has 1 rings (SSSR count). The van der Waals surface area contributed by atoms with E-state index in [9.17, 15) is 4.79 Å². The fraction of sp³-hybridized carbons (Fsp3) is 0.900. The molecule has 4 nitrogen and oxygen atoms in total. The third kappa shape index (κ3) is 4.46. The van der Waals surface area contributed by atoms with Crippen molar-refractivity contribution in [3.8, 4) is 0 Å². The lowest BCUT2D eigenvalue weighted by Crippen LogP contribution is -2.40. The summed E-state index contributed by atoms with van der Waals surface area (Å²) in [6, 6.07) is 0.341. The number of alkyl carbamates (subject to hydrolysis) is 1. The minimum atomic E-state index is -0.318. The summed E-state index contributed by atoms with van der Waals surface area (Å²) >= 11 is 0. The average Bonchev–Trinajstić information content (AvgIpc) is 2.05. The number of hydrogen-bond acceptors (Lipinski definition) is 3. The van der Waals surface area contributed by atoms with Crippen LogP contribution in [0.15, 0.2) is 0 Å². The number of carbonyl (C=O) groups is 1. The monoisotopic (exact) mass is 201 g/mol. The van der Waals surface area contributed by atoms with Crippen molar-refractivity contribution in [2.75, 3.05) is 13.2 Å². The lowest BCUT2D eigenvalue weighted by molar-refractivity contribution is 0.0381. The Morgan fingerprint density at radius 2 is 2.14 bits per heavy atom. The molecule has 0 aromatic rings. The summed E-state index contributed by atoms with van der Waals surface area (Å²) in [5.74, 6) is 0. The Hall–Kier alpha value is -0.770. The highest BCUT2D eigenvalue weighted by atomic mass is 16.6. The van der Waals surface area contributed by atoms with Crippen molar-refractivity contribution in [2.45, 2.75) is 45.3 Å². The number of carbonyl (C=O) groups excluding carboxylic acids is 1. The zero-order valence-electron chi connectivity index (χ0n) is 8.91. The summed E-state index contributed by atoms with van der Waals surface area (Å²) in [5, 5.41) is 2.79. The topological polar surface area (TPSA) is 47.6 Å². The Balaban J connectivity index is 1.92. The van der Waals surface area contributed by atoms with Gasteiger partial charge in [-0.05, 0) is 33.1 Å². The predicted molar refractivity (Wildman–Crippen MR) is 53.2 cm³/mol. The van der Waals surface area contributed by atoms with Gasteiger partial charge >= 0.3 is 6.09 Å². The highest BCUT2D eigenvalue weighted by Crippen LogP contribution is 2.17. The van der Waals surface area contributed by atoms with Crippen LogP contribution >= 0.6 is 0 Å². The summed E-state index contributed by atoms with van der Waals surface area (Å²) < 4.78 is 10.2. The molecule has 0 atom stereocenters. The molecule has 0 saturated heterocycles. The minimum absolute atomic E-state index is 0.188. The average molecular weight is 201 g/mol. The number of ether oxygens (including phenoxy) is 2. The molecule has 1 saturated carbocycles. The predicted octanol–water partition coefficient (Wildman–Crippen LogP) is 1.69. The molecule has 1 fully saturated rings. The first-order valence-electron chi connectivity index (χ1n) is 5.23. The molecule has 1 N–H and O–H groups in total. The number of hydrogen-bond donors (Lipinski definition) is 1. The standard InChI is InChI=1S/C10H19NO3/c1-8(2)13-6-7-14-10(12)11-9-4-3-5-9/h8-9H,3-7H2,1-2H3,(H,11,12). The molecule has 0 spiro atoms. The van der Waals surface area contributed by atoms with Crippen LogP contribution < -0.4 is 5.32 Å². The van der Waals surface area contributed by atoms with E-state index in [0.29, 0.717) is 19.3 Å². The van der Waals surface area contributed by atoms with Crippen molar-refractivity contribution in [1.29, 1.82) is 0 Å². The molecule has 1 amide bonds. The zero-order chi connectivity index (χ0) is 10.4. The number of nitrogens with one attached hydrogen (secondary N) is 1. The summed E-state index contributed by atoms with van der Waals surface area (Å²) in [6.45, 7) is 4.70. The van der Waals surface area contributed by atoms with Crippen LogP contribution in [0.4, 0.5) is 4.79 Å². The maximum absolute atomic E-state index is 11.1. The van der Waals surface area contributed by atoms with Gasteiger partial charge in [-0.15, -0.1) is 0 Å². The maximum atomic E-state index is 11.1. The van der Waals surface area contributed by atoms with E-state index in [-0.39, 0.29) is 12.2 Å². The van der Waals surface area contributed by atoms with Crippen LogP contribution in [-0.4, -0.2) is 31.5 Å². The Morgan fingerprint density at radius 1 is 1.43 bits per heavy atom. The second kappa shape index (κ2) is 5.86. The molecule has 0 aliphatic heterocycles. The van der Waals surface area contributed by atoms with E-state index in [1.165, 1.54) is 6.42 Å². The van der Waals surface area contributed by atoms with Gasteiger partial charge in [0.25, 0.3) is 0 Å². The lowest BCUT2D eigenvalue weighted by atomic mass is 9.93. The van der Waals surface area contributed by atoms with Gasteiger partial charge in [-0.3, -0.25) is 0 Å². The van der Waals surface area contributed by atoms with Gasteiger partial charge in [-0.25, -0.2) is 4.79 Å². The fourth-order valence-corrected chi connectivity index (χ4v) is 1.18. The minimum Gasteiger partial charge on any atom is -0.447 e. The summed E-state index contributed by atoms with van der Waals surface area (Å²) in [7, 11) is 0. The van der Waals surface area contributed by atoms with Crippen LogP contribution in [-0.2, 0) is 9.47 Å². The van der Waals surface area contributed by atoms with Crippen LogP contribution in [0.5, 0.6) is 0 Å². The molecule has 0 radical (unpaired) electrons. The van der Waals surface area contributed by atoms with Crippen LogP contribution in [0.2, 0.25) is 0 Å². The maximum Gasteiger partial charge on any atom is 0.407 e. The largest absolute Gasteiger partial charge is 0.447 e. The first-order valence-corrected chi connectivity index (χ1v) is 5.23. The number of amides is 1. The first kappa shape index (κ1) is 11.3. The summed E-state index contributed by atoms with van der Waals surface area (Å²) in [5.41, 5.74) is 0. The van der Waals surface area contributed by atoms with Crippen molar-refractivity contribution in [3.63, 3.8) is 0 Å². The molecule has 0 aromatic heterocycles. The van der Waals surface area contributed by atoms with Crippen molar-refractivity contribution in [2.24, 2.45) is 0 Å². The van der Waals surface area contributed by atoms with E-state index < -0.39 is 0 Å². The van der Waals surface area contributed by atoms with E-state index in [0.717, 1.165) is 12.8 Å². The van der Waals surface area contributed by atoms with Gasteiger partial charge in [0, 0.05) is 6.04 Å². The molecule has 14 heavy (non-hydrogen) atoms. The van der Waals surface area contributed by atoms with Crippen LogP contribution in [0.3, 0.4) is 0 Å². The summed E-state index contributed by atoms with van der Waals surface area (Å²) in [4.78, 5) is 11.1. The van der Waals surface area contributed by atoms with Gasteiger partial charge in [-0.2, -0.15) is 0 Å². The highest BCUT2D eigenvalue weighted by molar-refractivity contribution is 5.67. The quantitative estimate of drug-likeness (QED) is 0.688. The second-order valence-corrected chi connectivity index (χ2v) is 3.83. The first-order chi connectivity index (χ1) is 6.68. The Morgan fingerprint density at radius 3 is 2.64 bits per heavy atom. The molecule has 1 aliphatic carbocycles. The van der Waals surface area contributed by atoms with Crippen LogP contribution in [0.1, 0.15) is 33.1 Å². The van der Waals surface area contributed by atoms with E-state index in [2.05, 4.69) is 5.32 Å². The molecule has 1 aliphatic rings. The van der Waals surface area contributed by atoms with Gasteiger partial charge in [0.1, 0.15) is 6.61 Å². The van der Waals surface area contributed by atoms with E-state index in [4.69, 9.17) is 9.47 Å². The second-order valence-electron chi connectivity index (χ2n) is 3.83. The van der Waals surface area contributed by atoms with Gasteiger partial charge in [0.2, 0.25) is 0 Å². The molecule has 0 aromatic carbocycles. The normalized spacial score (nSPS) is 16.5. The lowest BCUT2D eigenvalue weighted by Gasteiger charge is -2.25. The SMILES string of the molecule is CC(C)OCCOC(=O)NC1CCC1. The van der Waals surface area contributed by atoms with Gasteiger partial charge < -0.3 is 14.8 Å². The van der Waals surface area contributed by atoms with Gasteiger partial charge in [0.15, 0.2) is 0 Å². The van der Waals surface area contributed by atoms with E-state index >= 15 is 0 Å². The van der Waals surface area contributed by atoms with Crippen molar-refractivity contribution < 1.29 is 14.3 Å². The molecule has 0 bridgehead atoms. The summed E-state index contributed by atoms with van der Waals surface area (Å²) in [6.07, 6.45) is 3.24. The van der Waals surface area contributed by atoms with E-state index in [1.807, 2.05) is 13.8 Å². The molecule has 0 heterocycles. The Kier molecular flexibility index (Phi) is 4.73. The van der Waals surface area contributed by atoms with Crippen LogP contribution in [0, 0.1) is 0 Å². The molecule has 82 valence electrons. The smallest absolute Gasteiger partial charge is 0.407 e. The highest BCUT2D eigenvalue weighted by Gasteiger charge is 2.19. The van der Waals surface area contributed by atoms with Crippen molar-refractivity contribution in [3.05, 3.63) is 0 Å². The fourth-order valence-electron chi connectivity index (χ4n) is 1.18. The Bertz CT molecular complexity index is 178. The van der Waals surface area contributed by atoms with Gasteiger partial charge in [0.05, 0.1) is 12.7 Å². The van der Waals surface area contributed by atoms with Crippen molar-refractivity contribution >= 4 is 6.09 Å². The zero-order valence-corrected chi connectivity index (χ0v) is 8.91. The molecular formula is C10H19NO3. The molecule has 0 unspecified atom stereocenters. The van der Waals surface area contributed by atoms with E-state index in [1.54, 1.807) is 0 Å². The third-order valence-corrected chi connectivity index (χ3v) is 2.19. The molecule has 4 heteroatoms. The molecular weight excluding hydrogens is 182 g/mol. The van der Waals surface area contributed by atoms with Gasteiger partial charge in [-0.1, -0.05) is 0 Å². The van der Waals surface area contributed by atoms with Crippen molar-refractivity contribution in [1.82, 2.24) is 5.32 Å². The third-order valence-electron chi connectivity index (χ3n) is 2.19. The number of rotatable bonds is 5. The Labute approximate surface area is 85.0 Å². The van der Waals surface area contributed by atoms with Crippen LogP contribution in [0.25, 0.3) is 0 Å².